The lowest BCUT2D eigenvalue weighted by Gasteiger charge is -2.04. The van der Waals surface area contributed by atoms with Crippen LogP contribution in [-0.2, 0) is 14.4 Å². The van der Waals surface area contributed by atoms with E-state index < -0.39 is 12.1 Å². The Hall–Kier alpha value is -1.40. The van der Waals surface area contributed by atoms with Crippen LogP contribution in [0.25, 0.3) is 5.70 Å². The Morgan fingerprint density at radius 2 is 2.44 bits per heavy atom. The summed E-state index contributed by atoms with van der Waals surface area (Å²) in [6.07, 6.45) is 2.58. The van der Waals surface area contributed by atoms with E-state index in [0.29, 0.717) is 11.4 Å². The molecule has 1 atom stereocenters. The van der Waals surface area contributed by atoms with E-state index in [4.69, 9.17) is 4.84 Å². The Kier molecular flexibility index (Phi) is 3.21. The summed E-state index contributed by atoms with van der Waals surface area (Å²) in [4.78, 5) is 20.4. The Balaban J connectivity index is 2.17. The van der Waals surface area contributed by atoms with Crippen LogP contribution in [0.15, 0.2) is 28.9 Å². The molecule has 0 radical (unpaired) electrons. The lowest BCUT2D eigenvalue weighted by molar-refractivity contribution is -0.152. The van der Waals surface area contributed by atoms with Gasteiger partial charge in [0.2, 0.25) is 6.10 Å². The van der Waals surface area contributed by atoms with Crippen molar-refractivity contribution < 1.29 is 14.4 Å². The minimum atomic E-state index is -0.717. The molecule has 16 heavy (non-hydrogen) atoms. The Morgan fingerprint density at radius 3 is 3.06 bits per heavy atom. The number of nitrogens with zero attached hydrogens (tertiary/aromatic N) is 1. The number of esters is 1. The third-order valence-corrected chi connectivity index (χ3v) is 2.52. The summed E-state index contributed by atoms with van der Waals surface area (Å²) in [5.41, 5.74) is 4.00. The van der Waals surface area contributed by atoms with Crippen molar-refractivity contribution in [1.29, 1.82) is 0 Å². The number of carbonyl (C=O) groups excluding carboxylic acids is 1. The first-order valence-corrected chi connectivity index (χ1v) is 5.33. The Labute approximate surface area is 101 Å². The van der Waals surface area contributed by atoms with Gasteiger partial charge in [0.25, 0.3) is 0 Å². The second-order valence-corrected chi connectivity index (χ2v) is 4.02. The Bertz CT molecular complexity index is 430. The molecule has 1 aliphatic heterocycles. The zero-order chi connectivity index (χ0) is 11.5. The molecular weight excluding hydrogens is 276 g/mol. The summed E-state index contributed by atoms with van der Waals surface area (Å²) >= 11 is 3.29. The molecule has 2 rings (SSSR count). The van der Waals surface area contributed by atoms with Gasteiger partial charge in [-0.3, -0.25) is 15.3 Å². The second-order valence-electron chi connectivity index (χ2n) is 3.11. The maximum atomic E-state index is 11.2. The molecule has 0 aliphatic carbocycles. The number of hydrogen-bond donors (Lipinski definition) is 1. The fourth-order valence-electron chi connectivity index (χ4n) is 1.25. The van der Waals surface area contributed by atoms with Gasteiger partial charge in [0.05, 0.1) is 18.5 Å². The van der Waals surface area contributed by atoms with Gasteiger partial charge in [-0.05, 0) is 34.1 Å². The highest BCUT2D eigenvalue weighted by Gasteiger charge is 2.25. The number of ether oxygens (including phenoxy) is 1. The van der Waals surface area contributed by atoms with E-state index in [2.05, 4.69) is 31.1 Å². The number of carbonyl (C=O) groups is 1. The van der Waals surface area contributed by atoms with Crippen LogP contribution in [0, 0.1) is 0 Å². The van der Waals surface area contributed by atoms with Crippen molar-refractivity contribution in [3.63, 3.8) is 0 Å². The second kappa shape index (κ2) is 4.63. The topological polar surface area (TPSA) is 60.5 Å². The highest BCUT2D eigenvalue weighted by Crippen LogP contribution is 2.18. The van der Waals surface area contributed by atoms with Crippen LogP contribution in [-0.4, -0.2) is 24.2 Å². The van der Waals surface area contributed by atoms with Gasteiger partial charge >= 0.3 is 5.97 Å². The van der Waals surface area contributed by atoms with E-state index in [1.54, 1.807) is 12.3 Å². The molecule has 2 heterocycles. The van der Waals surface area contributed by atoms with Crippen molar-refractivity contribution >= 4 is 27.6 Å². The van der Waals surface area contributed by atoms with Gasteiger partial charge in [0, 0.05) is 10.7 Å². The minimum absolute atomic E-state index is 0.445. The third kappa shape index (κ3) is 2.23. The van der Waals surface area contributed by atoms with Crippen molar-refractivity contribution in [2.45, 2.75) is 6.10 Å². The van der Waals surface area contributed by atoms with Crippen molar-refractivity contribution in [2.75, 3.05) is 7.11 Å². The van der Waals surface area contributed by atoms with Gasteiger partial charge in [-0.15, -0.1) is 0 Å². The molecule has 0 fully saturated rings. The van der Waals surface area contributed by atoms with Crippen LogP contribution in [0.3, 0.4) is 0 Å². The van der Waals surface area contributed by atoms with E-state index in [0.717, 1.165) is 4.47 Å². The quantitative estimate of drug-likeness (QED) is 0.829. The zero-order valence-electron chi connectivity index (χ0n) is 8.44. The summed E-state index contributed by atoms with van der Waals surface area (Å²) in [5.74, 6) is -0.445. The molecule has 1 aliphatic rings. The standard InChI is InChI=1S/C10H9BrN2O3/c1-15-10(14)9-4-8(13-16-9)7-3-2-6(11)5-12-7/h2-5,9,13H,1H3. The predicted octanol–water partition coefficient (Wildman–Crippen LogP) is 1.26. The molecule has 0 bridgehead atoms. The first-order chi connectivity index (χ1) is 7.70. The Morgan fingerprint density at radius 1 is 1.62 bits per heavy atom. The van der Waals surface area contributed by atoms with Gasteiger partial charge in [-0.2, -0.15) is 0 Å². The first kappa shape index (κ1) is 11.1. The molecule has 0 saturated heterocycles. The maximum absolute atomic E-state index is 11.2. The largest absolute Gasteiger partial charge is 0.467 e. The molecule has 84 valence electrons. The summed E-state index contributed by atoms with van der Waals surface area (Å²) in [6.45, 7) is 0. The molecule has 0 amide bonds. The van der Waals surface area contributed by atoms with Crippen LogP contribution >= 0.6 is 15.9 Å². The number of methoxy groups -OCH3 is 1. The average Bonchev–Trinajstić information content (AvgIpc) is 2.78. The highest BCUT2D eigenvalue weighted by molar-refractivity contribution is 9.10. The monoisotopic (exact) mass is 284 g/mol. The number of hydroxylamine groups is 1. The van der Waals surface area contributed by atoms with E-state index in [1.807, 2.05) is 12.1 Å². The number of aromatic nitrogens is 1. The van der Waals surface area contributed by atoms with Gasteiger partial charge in [-0.25, -0.2) is 4.79 Å². The average molecular weight is 285 g/mol. The maximum Gasteiger partial charge on any atom is 0.341 e. The van der Waals surface area contributed by atoms with Crippen molar-refractivity contribution in [3.05, 3.63) is 34.6 Å². The lowest BCUT2D eigenvalue weighted by atomic mass is 10.2. The molecule has 1 aromatic rings. The molecule has 1 N–H and O–H groups in total. The van der Waals surface area contributed by atoms with E-state index in [9.17, 15) is 4.79 Å². The summed E-state index contributed by atoms with van der Waals surface area (Å²) in [5, 5.41) is 0. The van der Waals surface area contributed by atoms with Gasteiger partial charge < -0.3 is 4.74 Å². The molecule has 1 unspecified atom stereocenters. The molecule has 0 aromatic carbocycles. The van der Waals surface area contributed by atoms with Crippen molar-refractivity contribution in [2.24, 2.45) is 0 Å². The minimum Gasteiger partial charge on any atom is -0.467 e. The zero-order valence-corrected chi connectivity index (χ0v) is 10.0. The molecule has 5 nitrogen and oxygen atoms in total. The predicted molar refractivity (Wildman–Crippen MR) is 59.9 cm³/mol. The fraction of sp³-hybridized carbons (Fsp3) is 0.200. The number of hydrogen-bond acceptors (Lipinski definition) is 5. The summed E-state index contributed by atoms with van der Waals surface area (Å²) < 4.78 is 5.45. The van der Waals surface area contributed by atoms with E-state index in [1.165, 1.54) is 7.11 Å². The number of rotatable bonds is 2. The number of nitrogens with one attached hydrogen (secondary N) is 1. The van der Waals surface area contributed by atoms with Crippen molar-refractivity contribution in [1.82, 2.24) is 10.5 Å². The normalized spacial score (nSPS) is 18.9. The molecule has 0 saturated carbocycles. The van der Waals surface area contributed by atoms with Crippen molar-refractivity contribution in [3.8, 4) is 0 Å². The van der Waals surface area contributed by atoms with Crippen LogP contribution in [0.4, 0.5) is 0 Å². The van der Waals surface area contributed by atoms with E-state index in [-0.39, 0.29) is 0 Å². The molecule has 0 spiro atoms. The van der Waals surface area contributed by atoms with Gasteiger partial charge in [0.15, 0.2) is 0 Å². The molecule has 1 aromatic heterocycles. The summed E-state index contributed by atoms with van der Waals surface area (Å²) in [6, 6.07) is 3.67. The first-order valence-electron chi connectivity index (χ1n) is 4.54. The smallest absolute Gasteiger partial charge is 0.341 e. The number of pyridine rings is 1. The van der Waals surface area contributed by atoms with Crippen LogP contribution in [0.5, 0.6) is 0 Å². The van der Waals surface area contributed by atoms with Crippen LogP contribution in [0.1, 0.15) is 5.69 Å². The molecule has 6 heteroatoms. The van der Waals surface area contributed by atoms with Gasteiger partial charge in [0.1, 0.15) is 0 Å². The van der Waals surface area contributed by atoms with Crippen LogP contribution < -0.4 is 5.48 Å². The van der Waals surface area contributed by atoms with Gasteiger partial charge in [-0.1, -0.05) is 0 Å². The van der Waals surface area contributed by atoms with E-state index >= 15 is 0 Å². The highest BCUT2D eigenvalue weighted by atomic mass is 79.9. The fourth-order valence-corrected chi connectivity index (χ4v) is 1.49. The number of halogens is 1. The van der Waals surface area contributed by atoms with Crippen LogP contribution in [0.2, 0.25) is 0 Å². The third-order valence-electron chi connectivity index (χ3n) is 2.05. The molecular formula is C10H9BrN2O3. The lowest BCUT2D eigenvalue weighted by Crippen LogP contribution is -2.23. The SMILES string of the molecule is COC(=O)C1C=C(c2ccc(Br)cn2)NO1. The summed E-state index contributed by atoms with van der Waals surface area (Å²) in [7, 11) is 1.31.